The molecule has 0 N–H and O–H groups in total. The second-order valence-electron chi connectivity index (χ2n) is 6.19. The zero-order valence-electron chi connectivity index (χ0n) is 15.4. The third-order valence-electron chi connectivity index (χ3n) is 4.10. The van der Waals surface area contributed by atoms with E-state index in [0.717, 1.165) is 16.5 Å². The number of aromatic nitrogens is 1. The number of hydrogen-bond acceptors (Lipinski definition) is 6. The quantitative estimate of drug-likeness (QED) is 0.354. The van der Waals surface area contributed by atoms with Crippen LogP contribution in [0.1, 0.15) is 34.8 Å². The molecule has 0 saturated heterocycles. The molecule has 6 heteroatoms. The number of oxime groups is 1. The van der Waals surface area contributed by atoms with E-state index in [4.69, 9.17) is 14.8 Å². The van der Waals surface area contributed by atoms with Gasteiger partial charge in [0.05, 0.1) is 35.5 Å². The fourth-order valence-electron chi connectivity index (χ4n) is 2.56. The molecule has 3 aromatic rings. The van der Waals surface area contributed by atoms with Crippen LogP contribution in [0.25, 0.3) is 10.9 Å². The molecule has 2 aromatic carbocycles. The maximum absolute atomic E-state index is 12.0. The van der Waals surface area contributed by atoms with Gasteiger partial charge >= 0.3 is 5.97 Å². The summed E-state index contributed by atoms with van der Waals surface area (Å²) < 4.78 is 5.23. The average Bonchev–Trinajstić information content (AvgIpc) is 2.74. The second-order valence-corrected chi connectivity index (χ2v) is 6.19. The molecule has 140 valence electrons. The lowest BCUT2D eigenvalue weighted by atomic mass is 10.1. The molecule has 28 heavy (non-hydrogen) atoms. The van der Waals surface area contributed by atoms with Crippen LogP contribution >= 0.6 is 0 Å². The Morgan fingerprint density at radius 1 is 1.21 bits per heavy atom. The molecule has 0 radical (unpaired) electrons. The first kappa shape index (κ1) is 19.1. The van der Waals surface area contributed by atoms with Gasteiger partial charge in [-0.1, -0.05) is 29.4 Å². The van der Waals surface area contributed by atoms with Crippen molar-refractivity contribution in [1.29, 1.82) is 5.26 Å². The molecular weight excluding hydrogens is 354 g/mol. The lowest BCUT2D eigenvalue weighted by molar-refractivity contribution is 0.0292. The van der Waals surface area contributed by atoms with Gasteiger partial charge in [-0.3, -0.25) is 4.98 Å². The van der Waals surface area contributed by atoms with E-state index in [1.54, 1.807) is 36.7 Å². The molecule has 6 nitrogen and oxygen atoms in total. The minimum Gasteiger partial charge on any atom is -0.462 e. The average molecular weight is 373 g/mol. The minimum absolute atomic E-state index is 0.214. The van der Waals surface area contributed by atoms with Crippen molar-refractivity contribution in [3.05, 3.63) is 77.5 Å². The highest BCUT2D eigenvalue weighted by molar-refractivity contribution is 5.97. The fourth-order valence-corrected chi connectivity index (χ4v) is 2.56. The van der Waals surface area contributed by atoms with Gasteiger partial charge in [0.2, 0.25) is 0 Å². The van der Waals surface area contributed by atoms with Crippen LogP contribution in [0.15, 0.2) is 65.9 Å². The van der Waals surface area contributed by atoms with Gasteiger partial charge in [0.15, 0.2) is 0 Å². The van der Waals surface area contributed by atoms with Crippen LogP contribution in [0, 0.1) is 11.3 Å². The first-order chi connectivity index (χ1) is 13.7. The van der Waals surface area contributed by atoms with E-state index in [1.165, 1.54) is 0 Å². The molecule has 1 heterocycles. The summed E-state index contributed by atoms with van der Waals surface area (Å²) in [5, 5.41) is 13.8. The van der Waals surface area contributed by atoms with Crippen molar-refractivity contribution >= 4 is 23.1 Å². The maximum atomic E-state index is 12.0. The summed E-state index contributed by atoms with van der Waals surface area (Å²) >= 11 is 0. The Labute approximate surface area is 163 Å². The number of nitrogens with zero attached hydrogens (tertiary/aromatic N) is 3. The van der Waals surface area contributed by atoms with Crippen LogP contribution in [0.4, 0.5) is 0 Å². The van der Waals surface area contributed by atoms with Gasteiger partial charge in [-0.05, 0) is 37.3 Å². The number of para-hydroxylation sites is 1. The highest BCUT2D eigenvalue weighted by Gasteiger charge is 2.09. The number of hydrogen-bond donors (Lipinski definition) is 0. The summed E-state index contributed by atoms with van der Waals surface area (Å²) in [5.41, 5.74) is 2.64. The number of rotatable bonds is 7. The maximum Gasteiger partial charge on any atom is 0.338 e. The predicted octanol–water partition coefficient (Wildman–Crippen LogP) is 4.09. The Morgan fingerprint density at radius 3 is 2.79 bits per heavy atom. The standard InChI is InChI=1S/C22H19N3O3/c1-16(11-13-27-22(26)19-9-7-17(14-23)8-10-19)28-25-15-20-5-2-4-18-6-3-12-24-21(18)20/h2-10,12,15-16H,11,13H2,1H3/b25-15+. The molecule has 0 fully saturated rings. The number of ether oxygens (including phenoxy) is 1. The van der Waals surface area contributed by atoms with Gasteiger partial charge in [0.25, 0.3) is 0 Å². The molecule has 0 amide bonds. The monoisotopic (exact) mass is 373 g/mol. The SMILES string of the molecule is CC(CCOC(=O)c1ccc(C#N)cc1)O/N=C/c1cccc2cccnc12. The minimum atomic E-state index is -0.429. The van der Waals surface area contributed by atoms with E-state index in [0.29, 0.717) is 17.5 Å². The summed E-state index contributed by atoms with van der Waals surface area (Å²) in [7, 11) is 0. The van der Waals surface area contributed by atoms with E-state index < -0.39 is 5.97 Å². The highest BCUT2D eigenvalue weighted by atomic mass is 16.6. The fraction of sp³-hybridized carbons (Fsp3) is 0.182. The Bertz CT molecular complexity index is 1020. The van der Waals surface area contributed by atoms with E-state index in [9.17, 15) is 4.79 Å². The topological polar surface area (TPSA) is 84.6 Å². The number of nitriles is 1. The second kappa shape index (κ2) is 9.28. The summed E-state index contributed by atoms with van der Waals surface area (Å²) in [6, 6.07) is 18.1. The lowest BCUT2D eigenvalue weighted by Crippen LogP contribution is -2.12. The number of benzene rings is 2. The van der Waals surface area contributed by atoms with Crippen LogP contribution in [-0.4, -0.2) is 29.9 Å². The molecular formula is C22H19N3O3. The molecule has 0 aliphatic heterocycles. The Hall–Kier alpha value is -3.72. The van der Waals surface area contributed by atoms with Gasteiger partial charge in [-0.2, -0.15) is 5.26 Å². The summed E-state index contributed by atoms with van der Waals surface area (Å²) in [6.07, 6.45) is 3.67. The largest absolute Gasteiger partial charge is 0.462 e. The lowest BCUT2D eigenvalue weighted by Gasteiger charge is -2.10. The predicted molar refractivity (Wildman–Crippen MR) is 106 cm³/mol. The van der Waals surface area contributed by atoms with Crippen LogP contribution in [0.3, 0.4) is 0 Å². The number of pyridine rings is 1. The van der Waals surface area contributed by atoms with Gasteiger partial charge in [-0.25, -0.2) is 4.79 Å². The van der Waals surface area contributed by atoms with Crippen molar-refractivity contribution in [3.63, 3.8) is 0 Å². The molecule has 1 aromatic heterocycles. The Morgan fingerprint density at radius 2 is 2.00 bits per heavy atom. The zero-order chi connectivity index (χ0) is 19.8. The first-order valence-electron chi connectivity index (χ1n) is 8.87. The molecule has 3 rings (SSSR count). The van der Waals surface area contributed by atoms with Crippen molar-refractivity contribution in [2.75, 3.05) is 6.61 Å². The Kier molecular flexibility index (Phi) is 6.32. The summed E-state index contributed by atoms with van der Waals surface area (Å²) in [6.45, 7) is 2.07. The van der Waals surface area contributed by atoms with Gasteiger partial charge in [0, 0.05) is 23.6 Å². The van der Waals surface area contributed by atoms with E-state index in [1.807, 2.05) is 43.3 Å². The third kappa shape index (κ3) is 4.92. The summed E-state index contributed by atoms with van der Waals surface area (Å²) in [5.74, 6) is -0.429. The number of esters is 1. The normalized spacial score (nSPS) is 11.9. The highest BCUT2D eigenvalue weighted by Crippen LogP contribution is 2.14. The number of carbonyl (C=O) groups is 1. The zero-order valence-corrected chi connectivity index (χ0v) is 15.4. The van der Waals surface area contributed by atoms with Crippen molar-refractivity contribution in [2.45, 2.75) is 19.4 Å². The van der Waals surface area contributed by atoms with E-state index in [2.05, 4.69) is 10.1 Å². The molecule has 1 atom stereocenters. The van der Waals surface area contributed by atoms with E-state index >= 15 is 0 Å². The Balaban J connectivity index is 1.46. The van der Waals surface area contributed by atoms with E-state index in [-0.39, 0.29) is 12.7 Å². The molecule has 1 unspecified atom stereocenters. The van der Waals surface area contributed by atoms with Gasteiger partial charge in [-0.15, -0.1) is 0 Å². The van der Waals surface area contributed by atoms with Gasteiger partial charge in [0.1, 0.15) is 6.10 Å². The van der Waals surface area contributed by atoms with Crippen LogP contribution in [0.5, 0.6) is 0 Å². The number of carbonyl (C=O) groups excluding carboxylic acids is 1. The van der Waals surface area contributed by atoms with Crippen LogP contribution in [-0.2, 0) is 9.57 Å². The molecule has 0 aliphatic carbocycles. The van der Waals surface area contributed by atoms with Crippen molar-refractivity contribution in [2.24, 2.45) is 5.16 Å². The van der Waals surface area contributed by atoms with Crippen molar-refractivity contribution in [1.82, 2.24) is 4.98 Å². The molecule has 0 saturated carbocycles. The van der Waals surface area contributed by atoms with Gasteiger partial charge < -0.3 is 9.57 Å². The van der Waals surface area contributed by atoms with Crippen LogP contribution < -0.4 is 0 Å². The molecule has 0 spiro atoms. The molecule has 0 bridgehead atoms. The van der Waals surface area contributed by atoms with Crippen molar-refractivity contribution in [3.8, 4) is 6.07 Å². The first-order valence-corrected chi connectivity index (χ1v) is 8.87. The smallest absolute Gasteiger partial charge is 0.338 e. The van der Waals surface area contributed by atoms with Crippen molar-refractivity contribution < 1.29 is 14.4 Å². The summed E-state index contributed by atoms with van der Waals surface area (Å²) in [4.78, 5) is 21.8. The van der Waals surface area contributed by atoms with Crippen LogP contribution in [0.2, 0.25) is 0 Å². The number of fused-ring (bicyclic) bond motifs is 1. The third-order valence-corrected chi connectivity index (χ3v) is 4.10. The molecule has 0 aliphatic rings.